The van der Waals surface area contributed by atoms with Crippen LogP contribution in [0.5, 0.6) is 0 Å². The summed E-state index contributed by atoms with van der Waals surface area (Å²) >= 11 is 0. The molecule has 53 heavy (non-hydrogen) atoms. The maximum Gasteiger partial charge on any atom is 0.323 e. The highest BCUT2D eigenvalue weighted by Crippen LogP contribution is 2.24. The van der Waals surface area contributed by atoms with Crippen molar-refractivity contribution in [2.45, 2.75) is 102 Å². The molecule has 13 nitrogen and oxygen atoms in total. The third kappa shape index (κ3) is 13.9. The van der Waals surface area contributed by atoms with Gasteiger partial charge < -0.3 is 42.7 Å². The first kappa shape index (κ1) is 43.1. The second-order valence-corrected chi connectivity index (χ2v) is 15.0. The predicted octanol–water partition coefficient (Wildman–Crippen LogP) is 2.29. The molecule has 13 heteroatoms. The quantitative estimate of drug-likeness (QED) is 0.0938. The molecule has 4 amide bonds. The molecule has 0 aromatic heterocycles. The molecule has 1 fully saturated rings. The van der Waals surface area contributed by atoms with Crippen molar-refractivity contribution >= 4 is 29.6 Å². The smallest absolute Gasteiger partial charge is 0.323 e. The summed E-state index contributed by atoms with van der Waals surface area (Å²) in [6.45, 7) is 9.45. The Kier molecular flexibility index (Phi) is 17.4. The first-order valence-corrected chi connectivity index (χ1v) is 18.9. The summed E-state index contributed by atoms with van der Waals surface area (Å²) in [5, 5.41) is 21.4. The molecule has 0 bridgehead atoms. The van der Waals surface area contributed by atoms with Crippen molar-refractivity contribution < 1.29 is 29.1 Å². The van der Waals surface area contributed by atoms with Crippen molar-refractivity contribution in [1.82, 2.24) is 26.2 Å². The van der Waals surface area contributed by atoms with E-state index in [9.17, 15) is 29.1 Å². The van der Waals surface area contributed by atoms with Gasteiger partial charge >= 0.3 is 5.97 Å². The van der Waals surface area contributed by atoms with Crippen LogP contribution in [0.4, 0.5) is 0 Å². The van der Waals surface area contributed by atoms with Gasteiger partial charge in [0.2, 0.25) is 23.6 Å². The summed E-state index contributed by atoms with van der Waals surface area (Å²) in [5.74, 6) is -2.26. The van der Waals surface area contributed by atoms with Gasteiger partial charge in [0.25, 0.3) is 0 Å². The lowest BCUT2D eigenvalue weighted by molar-refractivity contribution is -0.148. The number of carbonyl (C=O) groups is 5. The summed E-state index contributed by atoms with van der Waals surface area (Å²) in [7, 11) is 0. The SMILES string of the molecule is CC(C)CC(NC(=O)C(Cc1ccccc1)NC(=O)CNCC(c1ccccc1)C(C)C)C(=O)NC(CCCCN)C(=O)N1CCC(N)(C(=O)O)CC1. The molecule has 4 unspecified atom stereocenters. The van der Waals surface area contributed by atoms with E-state index in [1.54, 1.807) is 4.90 Å². The van der Waals surface area contributed by atoms with Crippen LogP contribution in [0, 0.1) is 11.8 Å². The minimum absolute atomic E-state index is 0.00532. The van der Waals surface area contributed by atoms with Crippen LogP contribution in [-0.2, 0) is 30.4 Å². The van der Waals surface area contributed by atoms with E-state index in [1.807, 2.05) is 62.4 Å². The van der Waals surface area contributed by atoms with Crippen molar-refractivity contribution in [2.24, 2.45) is 23.3 Å². The third-order valence-corrected chi connectivity index (χ3v) is 9.91. The molecule has 2 aromatic carbocycles. The Morgan fingerprint density at radius 1 is 0.811 bits per heavy atom. The summed E-state index contributed by atoms with van der Waals surface area (Å²) in [6.07, 6.45) is 2.26. The van der Waals surface area contributed by atoms with Crippen LogP contribution in [0.15, 0.2) is 60.7 Å². The standard InChI is InChI=1S/C40H61N7O6/c1-27(2)23-33(36(49)45-32(17-11-12-20-41)38(51)47-21-18-40(42,19-22-47)39(52)53)46-37(50)34(24-29-13-7-5-8-14-29)44-35(48)26-43-25-31(28(3)4)30-15-9-6-10-16-30/h5-10,13-16,27-28,31-34,43H,11-12,17-26,41-42H2,1-4H3,(H,44,48)(H,45,49)(H,46,50)(H,52,53). The molecule has 2 aromatic rings. The van der Waals surface area contributed by atoms with E-state index in [1.165, 1.54) is 5.56 Å². The number of nitrogens with two attached hydrogens (primary N) is 2. The predicted molar refractivity (Wildman–Crippen MR) is 206 cm³/mol. The summed E-state index contributed by atoms with van der Waals surface area (Å²) in [4.78, 5) is 68.0. The van der Waals surface area contributed by atoms with Gasteiger partial charge in [0, 0.05) is 26.1 Å². The number of hydrogen-bond acceptors (Lipinski definition) is 8. The lowest BCUT2D eigenvalue weighted by Gasteiger charge is -2.38. The molecular weight excluding hydrogens is 674 g/mol. The zero-order valence-electron chi connectivity index (χ0n) is 31.8. The molecule has 9 N–H and O–H groups in total. The van der Waals surface area contributed by atoms with E-state index < -0.39 is 41.4 Å². The number of rotatable bonds is 21. The molecule has 1 heterocycles. The molecule has 0 spiro atoms. The number of carboxylic acid groups (broad SMARTS) is 1. The van der Waals surface area contributed by atoms with Gasteiger partial charge in [-0.3, -0.25) is 24.0 Å². The number of nitrogens with one attached hydrogen (secondary N) is 4. The van der Waals surface area contributed by atoms with Crippen LogP contribution < -0.4 is 32.7 Å². The molecule has 3 rings (SSSR count). The van der Waals surface area contributed by atoms with Crippen LogP contribution in [0.2, 0.25) is 0 Å². The van der Waals surface area contributed by atoms with Crippen LogP contribution >= 0.6 is 0 Å². The van der Waals surface area contributed by atoms with Crippen LogP contribution in [0.3, 0.4) is 0 Å². The molecule has 0 radical (unpaired) electrons. The second-order valence-electron chi connectivity index (χ2n) is 15.0. The fourth-order valence-electron chi connectivity index (χ4n) is 6.64. The average molecular weight is 736 g/mol. The van der Waals surface area contributed by atoms with Crippen molar-refractivity contribution in [1.29, 1.82) is 0 Å². The molecule has 1 saturated heterocycles. The molecule has 4 atom stereocenters. The summed E-state index contributed by atoms with van der Waals surface area (Å²) in [5.41, 5.74) is 12.4. The van der Waals surface area contributed by atoms with Gasteiger partial charge in [0.15, 0.2) is 0 Å². The van der Waals surface area contributed by atoms with E-state index in [2.05, 4.69) is 47.2 Å². The van der Waals surface area contributed by atoms with Gasteiger partial charge in [-0.15, -0.1) is 0 Å². The molecule has 0 saturated carbocycles. The molecule has 292 valence electrons. The maximum absolute atomic E-state index is 14.0. The minimum Gasteiger partial charge on any atom is -0.480 e. The highest BCUT2D eigenvalue weighted by molar-refractivity contribution is 5.94. The largest absolute Gasteiger partial charge is 0.480 e. The molecule has 0 aliphatic carbocycles. The highest BCUT2D eigenvalue weighted by atomic mass is 16.4. The van der Waals surface area contributed by atoms with Crippen LogP contribution in [-0.4, -0.2) is 96.0 Å². The Morgan fingerprint density at radius 3 is 1.96 bits per heavy atom. The average Bonchev–Trinajstić information content (AvgIpc) is 3.12. The van der Waals surface area contributed by atoms with E-state index in [-0.39, 0.29) is 62.5 Å². The van der Waals surface area contributed by atoms with Crippen molar-refractivity contribution in [3.63, 3.8) is 0 Å². The molecular formula is C40H61N7O6. The fourth-order valence-corrected chi connectivity index (χ4v) is 6.64. The first-order chi connectivity index (χ1) is 25.2. The van der Waals surface area contributed by atoms with Gasteiger partial charge in [-0.2, -0.15) is 0 Å². The van der Waals surface area contributed by atoms with Gasteiger partial charge in [-0.25, -0.2) is 0 Å². The monoisotopic (exact) mass is 735 g/mol. The number of amides is 4. The number of carbonyl (C=O) groups excluding carboxylic acids is 4. The number of aliphatic carboxylic acids is 1. The normalized spacial score (nSPS) is 16.3. The lowest BCUT2D eigenvalue weighted by Crippen LogP contribution is -2.60. The van der Waals surface area contributed by atoms with Gasteiger partial charge in [0.1, 0.15) is 23.7 Å². The lowest BCUT2D eigenvalue weighted by atomic mass is 9.88. The highest BCUT2D eigenvalue weighted by Gasteiger charge is 2.40. The molecule has 1 aliphatic rings. The van der Waals surface area contributed by atoms with Crippen LogP contribution in [0.1, 0.15) is 83.3 Å². The zero-order valence-corrected chi connectivity index (χ0v) is 31.8. The van der Waals surface area contributed by atoms with E-state index in [4.69, 9.17) is 11.5 Å². The third-order valence-electron chi connectivity index (χ3n) is 9.91. The first-order valence-electron chi connectivity index (χ1n) is 18.9. The van der Waals surface area contributed by atoms with Crippen LogP contribution in [0.25, 0.3) is 0 Å². The Morgan fingerprint density at radius 2 is 1.40 bits per heavy atom. The number of unbranched alkanes of at least 4 members (excludes halogenated alkanes) is 1. The Labute approximate surface area is 314 Å². The van der Waals surface area contributed by atoms with Gasteiger partial charge in [-0.1, -0.05) is 88.4 Å². The van der Waals surface area contributed by atoms with E-state index in [0.717, 1.165) is 5.56 Å². The van der Waals surface area contributed by atoms with Crippen molar-refractivity contribution in [3.05, 3.63) is 71.8 Å². The van der Waals surface area contributed by atoms with E-state index in [0.29, 0.717) is 44.7 Å². The fraction of sp³-hybridized carbons (Fsp3) is 0.575. The van der Waals surface area contributed by atoms with Gasteiger partial charge in [-0.05, 0) is 74.0 Å². The Balaban J connectivity index is 1.73. The Bertz CT molecular complexity index is 1460. The van der Waals surface area contributed by atoms with Crippen molar-refractivity contribution in [2.75, 3.05) is 32.7 Å². The maximum atomic E-state index is 14.0. The zero-order chi connectivity index (χ0) is 39.0. The number of piperidine rings is 1. The van der Waals surface area contributed by atoms with Crippen molar-refractivity contribution in [3.8, 4) is 0 Å². The van der Waals surface area contributed by atoms with E-state index >= 15 is 0 Å². The number of likely N-dealkylation sites (tertiary alicyclic amines) is 1. The number of carboxylic acids is 1. The Hall–Kier alpha value is -4.33. The number of nitrogens with zero attached hydrogens (tertiary/aromatic N) is 1. The summed E-state index contributed by atoms with van der Waals surface area (Å²) < 4.78 is 0. The second kappa shape index (κ2) is 21.4. The minimum atomic E-state index is -1.40. The topological polar surface area (TPSA) is 209 Å². The number of hydrogen-bond donors (Lipinski definition) is 7. The molecule has 1 aliphatic heterocycles. The van der Waals surface area contributed by atoms with Gasteiger partial charge in [0.05, 0.1) is 6.54 Å². The summed E-state index contributed by atoms with van der Waals surface area (Å²) in [6, 6.07) is 16.6. The number of benzene rings is 2.